The number of aromatic nitrogens is 2. The molecule has 0 fully saturated rings. The number of hydrogen-bond acceptors (Lipinski definition) is 7. The Balaban J connectivity index is 2.47. The highest BCUT2D eigenvalue weighted by Crippen LogP contribution is 2.44. The van der Waals surface area contributed by atoms with Crippen LogP contribution in [0.2, 0.25) is 0 Å². The van der Waals surface area contributed by atoms with E-state index in [0.717, 1.165) is 4.57 Å². The summed E-state index contributed by atoms with van der Waals surface area (Å²) >= 11 is 0. The number of allylic oxidation sites excluding steroid dienone is 1. The monoisotopic (exact) mass is 369 g/mol. The summed E-state index contributed by atoms with van der Waals surface area (Å²) in [6.07, 6.45) is 0. The minimum atomic E-state index is -0.818. The van der Waals surface area contributed by atoms with E-state index >= 15 is 0 Å². The number of nitrogens with zero attached hydrogens (tertiary/aromatic N) is 3. The molecular formula is C18H19N5O4. The Morgan fingerprint density at radius 3 is 2.48 bits per heavy atom. The van der Waals surface area contributed by atoms with Crippen LogP contribution >= 0.6 is 0 Å². The Morgan fingerprint density at radius 1 is 1.19 bits per heavy atom. The number of fused-ring (bicyclic) bond motifs is 1. The number of hydrogen-bond donors (Lipinski definition) is 2. The van der Waals surface area contributed by atoms with E-state index in [1.165, 1.54) is 32.9 Å². The Kier molecular flexibility index (Phi) is 4.41. The maximum Gasteiger partial charge on any atom is 0.332 e. The molecule has 1 aromatic carbocycles. The molecule has 1 aliphatic rings. The molecule has 0 aliphatic carbocycles. The molecule has 0 radical (unpaired) electrons. The van der Waals surface area contributed by atoms with Crippen LogP contribution in [0.4, 0.5) is 5.82 Å². The standard InChI is InChI=1S/C18H19N5O4/c1-22-16-13(17(24)23(2)18(22)25)12(10(8-19)15(20)21-16)9-6-5-7-11(26-3)14(9)27-4/h5-7,12,21H,20H2,1-4H3/t12-/m0/s1. The smallest absolute Gasteiger partial charge is 0.332 e. The lowest BCUT2D eigenvalue weighted by molar-refractivity contribution is 0.351. The first kappa shape index (κ1) is 18.1. The summed E-state index contributed by atoms with van der Waals surface area (Å²) in [5.41, 5.74) is 5.96. The SMILES string of the molecule is COc1cccc([C@H]2C(C#N)=C(N)Nc3c2c(=O)n(C)c(=O)n3C)c1OC. The van der Waals surface area contributed by atoms with E-state index in [1.807, 2.05) is 0 Å². The van der Waals surface area contributed by atoms with Gasteiger partial charge in [-0.15, -0.1) is 0 Å². The topological polar surface area (TPSA) is 124 Å². The zero-order chi connectivity index (χ0) is 19.9. The zero-order valence-electron chi connectivity index (χ0n) is 15.4. The fraction of sp³-hybridized carbons (Fsp3) is 0.278. The van der Waals surface area contributed by atoms with Gasteiger partial charge in [0.1, 0.15) is 11.6 Å². The number of methoxy groups -OCH3 is 2. The third-order valence-corrected chi connectivity index (χ3v) is 4.68. The van der Waals surface area contributed by atoms with E-state index in [4.69, 9.17) is 15.2 Å². The van der Waals surface area contributed by atoms with Crippen molar-refractivity contribution < 1.29 is 9.47 Å². The summed E-state index contributed by atoms with van der Waals surface area (Å²) in [5.74, 6) is 0.335. The van der Waals surface area contributed by atoms with Gasteiger partial charge in [0.15, 0.2) is 11.5 Å². The molecule has 0 amide bonds. The first-order valence-corrected chi connectivity index (χ1v) is 8.04. The molecule has 9 nitrogen and oxygen atoms in total. The quantitative estimate of drug-likeness (QED) is 0.800. The van der Waals surface area contributed by atoms with Crippen LogP contribution in [-0.2, 0) is 14.1 Å². The van der Waals surface area contributed by atoms with Gasteiger partial charge in [0.2, 0.25) is 0 Å². The van der Waals surface area contributed by atoms with Crippen molar-refractivity contribution in [3.63, 3.8) is 0 Å². The second-order valence-electron chi connectivity index (χ2n) is 6.05. The lowest BCUT2D eigenvalue weighted by atomic mass is 9.83. The number of nitriles is 1. The van der Waals surface area contributed by atoms with Crippen molar-refractivity contribution in [1.82, 2.24) is 9.13 Å². The lowest BCUT2D eigenvalue weighted by Gasteiger charge is -2.29. The van der Waals surface area contributed by atoms with Crippen molar-refractivity contribution in [3.05, 3.63) is 61.6 Å². The fourth-order valence-electron chi connectivity index (χ4n) is 3.35. The molecule has 0 saturated carbocycles. The molecule has 0 bridgehead atoms. The van der Waals surface area contributed by atoms with Gasteiger partial charge in [0.05, 0.1) is 37.3 Å². The van der Waals surface area contributed by atoms with Gasteiger partial charge in [-0.25, -0.2) is 4.79 Å². The predicted molar refractivity (Wildman–Crippen MR) is 98.8 cm³/mol. The van der Waals surface area contributed by atoms with E-state index in [2.05, 4.69) is 11.4 Å². The normalized spacial score (nSPS) is 15.6. The number of nitrogens with one attached hydrogen (secondary N) is 1. The average Bonchev–Trinajstić information content (AvgIpc) is 2.68. The molecule has 0 saturated heterocycles. The Morgan fingerprint density at radius 2 is 1.89 bits per heavy atom. The van der Waals surface area contributed by atoms with Crippen molar-refractivity contribution >= 4 is 5.82 Å². The summed E-state index contributed by atoms with van der Waals surface area (Å²) in [5, 5.41) is 12.5. The van der Waals surface area contributed by atoms with Gasteiger partial charge in [-0.05, 0) is 6.07 Å². The lowest BCUT2D eigenvalue weighted by Crippen LogP contribution is -2.43. The predicted octanol–water partition coefficient (Wildman–Crippen LogP) is 0.352. The number of para-hydroxylation sites is 1. The van der Waals surface area contributed by atoms with Crippen LogP contribution < -0.4 is 31.8 Å². The first-order chi connectivity index (χ1) is 12.9. The largest absolute Gasteiger partial charge is 0.493 e. The molecule has 3 rings (SSSR count). The summed E-state index contributed by atoms with van der Waals surface area (Å²) < 4.78 is 13.1. The van der Waals surface area contributed by atoms with Gasteiger partial charge in [-0.1, -0.05) is 12.1 Å². The number of anilines is 1. The Hall–Kier alpha value is -3.67. The summed E-state index contributed by atoms with van der Waals surface area (Å²) in [7, 11) is 5.88. The first-order valence-electron chi connectivity index (χ1n) is 8.04. The molecule has 2 heterocycles. The number of ether oxygens (including phenoxy) is 2. The van der Waals surface area contributed by atoms with E-state index in [-0.39, 0.29) is 22.8 Å². The van der Waals surface area contributed by atoms with Gasteiger partial charge in [0, 0.05) is 19.7 Å². The van der Waals surface area contributed by atoms with Gasteiger partial charge in [-0.3, -0.25) is 13.9 Å². The van der Waals surface area contributed by atoms with E-state index in [1.54, 1.807) is 18.2 Å². The highest BCUT2D eigenvalue weighted by atomic mass is 16.5. The maximum atomic E-state index is 13.0. The molecule has 27 heavy (non-hydrogen) atoms. The van der Waals surface area contributed by atoms with Crippen molar-refractivity contribution in [2.24, 2.45) is 19.8 Å². The zero-order valence-corrected chi connectivity index (χ0v) is 15.4. The molecule has 140 valence electrons. The summed E-state index contributed by atoms with van der Waals surface area (Å²) in [6.45, 7) is 0. The van der Waals surface area contributed by atoms with Gasteiger partial charge in [-0.2, -0.15) is 5.26 Å². The van der Waals surface area contributed by atoms with Crippen LogP contribution in [0.5, 0.6) is 11.5 Å². The molecule has 3 N–H and O–H groups in total. The molecular weight excluding hydrogens is 350 g/mol. The molecule has 9 heteroatoms. The number of rotatable bonds is 3. The third-order valence-electron chi connectivity index (χ3n) is 4.68. The van der Waals surface area contributed by atoms with Crippen molar-refractivity contribution in [3.8, 4) is 17.6 Å². The Labute approximate surface area is 154 Å². The molecule has 1 aromatic heterocycles. The average molecular weight is 369 g/mol. The van der Waals surface area contributed by atoms with Crippen LogP contribution in [0.1, 0.15) is 17.0 Å². The van der Waals surface area contributed by atoms with Crippen molar-refractivity contribution in [2.75, 3.05) is 19.5 Å². The van der Waals surface area contributed by atoms with Crippen LogP contribution in [0.25, 0.3) is 0 Å². The van der Waals surface area contributed by atoms with E-state index in [0.29, 0.717) is 17.1 Å². The van der Waals surface area contributed by atoms with Crippen LogP contribution in [-0.4, -0.2) is 23.4 Å². The van der Waals surface area contributed by atoms with Crippen molar-refractivity contribution in [2.45, 2.75) is 5.92 Å². The summed E-state index contributed by atoms with van der Waals surface area (Å²) in [4.78, 5) is 25.3. The minimum absolute atomic E-state index is 0.0723. The highest BCUT2D eigenvalue weighted by Gasteiger charge is 2.36. The minimum Gasteiger partial charge on any atom is -0.493 e. The van der Waals surface area contributed by atoms with Crippen molar-refractivity contribution in [1.29, 1.82) is 5.26 Å². The highest BCUT2D eigenvalue weighted by molar-refractivity contribution is 5.66. The van der Waals surface area contributed by atoms with Crippen LogP contribution in [0.15, 0.2) is 39.2 Å². The molecule has 2 aromatic rings. The Bertz CT molecular complexity index is 1120. The maximum absolute atomic E-state index is 13.0. The van der Waals surface area contributed by atoms with Gasteiger partial charge in [0.25, 0.3) is 5.56 Å². The van der Waals surface area contributed by atoms with Crippen LogP contribution in [0.3, 0.4) is 0 Å². The fourth-order valence-corrected chi connectivity index (χ4v) is 3.35. The second-order valence-corrected chi connectivity index (χ2v) is 6.05. The molecule has 0 spiro atoms. The molecule has 0 unspecified atom stereocenters. The van der Waals surface area contributed by atoms with Gasteiger partial charge < -0.3 is 20.5 Å². The number of nitrogens with two attached hydrogens (primary N) is 1. The second kappa shape index (κ2) is 6.57. The van der Waals surface area contributed by atoms with Crippen LogP contribution in [0, 0.1) is 11.3 Å². The summed E-state index contributed by atoms with van der Waals surface area (Å²) in [6, 6.07) is 7.25. The van der Waals surface area contributed by atoms with E-state index in [9.17, 15) is 14.9 Å². The van der Waals surface area contributed by atoms with Gasteiger partial charge >= 0.3 is 5.69 Å². The molecule has 1 atom stereocenters. The third kappa shape index (κ3) is 2.54. The molecule has 1 aliphatic heterocycles. The van der Waals surface area contributed by atoms with E-state index < -0.39 is 17.2 Å². The number of benzene rings is 1.